The van der Waals surface area contributed by atoms with Gasteiger partial charge < -0.3 is 9.47 Å². The van der Waals surface area contributed by atoms with Gasteiger partial charge in [-0.3, -0.25) is 0 Å². The summed E-state index contributed by atoms with van der Waals surface area (Å²) in [6, 6.07) is 19.7. The van der Waals surface area contributed by atoms with Gasteiger partial charge in [-0.15, -0.1) is 0 Å². The predicted octanol–water partition coefficient (Wildman–Crippen LogP) is 4.22. The van der Waals surface area contributed by atoms with E-state index in [4.69, 9.17) is 9.47 Å². The summed E-state index contributed by atoms with van der Waals surface area (Å²) in [6.45, 7) is 5.77. The maximum absolute atomic E-state index is 12.0. The van der Waals surface area contributed by atoms with Crippen molar-refractivity contribution < 1.29 is 14.3 Å². The molecule has 1 heterocycles. The summed E-state index contributed by atoms with van der Waals surface area (Å²) >= 11 is 0. The zero-order valence-corrected chi connectivity index (χ0v) is 14.9. The summed E-state index contributed by atoms with van der Waals surface area (Å²) < 4.78 is 10.8. The van der Waals surface area contributed by atoms with Crippen LogP contribution in [-0.4, -0.2) is 19.2 Å². The van der Waals surface area contributed by atoms with Crippen molar-refractivity contribution in [3.8, 4) is 11.8 Å². The zero-order chi connectivity index (χ0) is 18.5. The second kappa shape index (κ2) is 7.76. The maximum atomic E-state index is 12.0. The third-order valence-electron chi connectivity index (χ3n) is 4.36. The Hall–Kier alpha value is -3.25. The maximum Gasteiger partial charge on any atom is 0.336 e. The van der Waals surface area contributed by atoms with Crippen LogP contribution in [0.5, 0.6) is 0 Å². The van der Waals surface area contributed by atoms with Gasteiger partial charge in [-0.2, -0.15) is 0 Å². The van der Waals surface area contributed by atoms with Gasteiger partial charge in [-0.05, 0) is 24.6 Å². The summed E-state index contributed by atoms with van der Waals surface area (Å²) in [7, 11) is 1.34. The fraction of sp³-hybridized carbons (Fsp3) is 0.174. The van der Waals surface area contributed by atoms with E-state index in [9.17, 15) is 4.79 Å². The number of hydrogen-bond acceptors (Lipinski definition) is 3. The van der Waals surface area contributed by atoms with Crippen LogP contribution in [0.3, 0.4) is 0 Å². The quantitative estimate of drug-likeness (QED) is 0.475. The Bertz CT molecular complexity index is 899. The molecule has 3 nitrogen and oxygen atoms in total. The topological polar surface area (TPSA) is 35.5 Å². The first kappa shape index (κ1) is 17.6. The fourth-order valence-corrected chi connectivity index (χ4v) is 3.04. The lowest BCUT2D eigenvalue weighted by Crippen LogP contribution is -2.24. The fourth-order valence-electron chi connectivity index (χ4n) is 3.04. The van der Waals surface area contributed by atoms with E-state index in [1.165, 1.54) is 7.11 Å². The minimum absolute atomic E-state index is 0.195. The van der Waals surface area contributed by atoms with Gasteiger partial charge in [-0.1, -0.05) is 67.0 Å². The van der Waals surface area contributed by atoms with Crippen molar-refractivity contribution in [1.29, 1.82) is 0 Å². The minimum atomic E-state index is -0.523. The predicted molar refractivity (Wildman–Crippen MR) is 101 cm³/mol. The number of methoxy groups -OCH3 is 1. The Morgan fingerprint density at radius 1 is 1.04 bits per heavy atom. The van der Waals surface area contributed by atoms with E-state index in [-0.39, 0.29) is 11.5 Å². The lowest BCUT2D eigenvalue weighted by Gasteiger charge is -2.21. The highest BCUT2D eigenvalue weighted by molar-refractivity contribution is 5.89. The van der Waals surface area contributed by atoms with Gasteiger partial charge in [-0.25, -0.2) is 4.79 Å². The molecule has 0 spiro atoms. The molecule has 0 aliphatic carbocycles. The first-order valence-corrected chi connectivity index (χ1v) is 8.38. The lowest BCUT2D eigenvalue weighted by atomic mass is 9.85. The summed E-state index contributed by atoms with van der Waals surface area (Å²) in [5.41, 5.74) is 3.10. The summed E-state index contributed by atoms with van der Waals surface area (Å²) in [4.78, 5) is 12.0. The number of hydrogen-bond donors (Lipinski definition) is 0. The normalized spacial score (nSPS) is 18.5. The van der Waals surface area contributed by atoms with Gasteiger partial charge in [0.2, 0.25) is 0 Å². The number of allylic oxidation sites excluding steroid dienone is 1. The lowest BCUT2D eigenvalue weighted by molar-refractivity contribution is -0.137. The van der Waals surface area contributed by atoms with E-state index >= 15 is 0 Å². The van der Waals surface area contributed by atoms with Crippen molar-refractivity contribution in [1.82, 2.24) is 0 Å². The van der Waals surface area contributed by atoms with Crippen molar-refractivity contribution in [2.45, 2.75) is 18.9 Å². The molecular weight excluding hydrogens is 324 g/mol. The molecular formula is C23H20O3. The van der Waals surface area contributed by atoms with Crippen LogP contribution >= 0.6 is 0 Å². The molecule has 0 unspecified atom stereocenters. The average molecular weight is 344 g/mol. The molecule has 0 radical (unpaired) electrons. The number of carbonyl (C=O) groups is 1. The Morgan fingerprint density at radius 2 is 1.65 bits per heavy atom. The highest BCUT2D eigenvalue weighted by Crippen LogP contribution is 2.41. The van der Waals surface area contributed by atoms with E-state index in [2.05, 4.69) is 18.4 Å². The van der Waals surface area contributed by atoms with Crippen LogP contribution in [0.1, 0.15) is 24.0 Å². The van der Waals surface area contributed by atoms with E-state index in [0.29, 0.717) is 5.76 Å². The molecule has 0 saturated carbocycles. The molecule has 0 aromatic heterocycles. The van der Waals surface area contributed by atoms with Crippen molar-refractivity contribution in [3.05, 3.63) is 95.3 Å². The highest BCUT2D eigenvalue weighted by atomic mass is 16.5. The molecule has 2 atom stereocenters. The number of ether oxygens (including phenoxy) is 2. The van der Waals surface area contributed by atoms with Gasteiger partial charge in [0.15, 0.2) is 0 Å². The van der Waals surface area contributed by atoms with Crippen molar-refractivity contribution in [2.75, 3.05) is 7.11 Å². The molecule has 3 heteroatoms. The molecule has 2 aromatic rings. The van der Waals surface area contributed by atoms with E-state index in [0.717, 1.165) is 16.7 Å². The number of carbonyl (C=O) groups excluding carboxylic acids is 1. The van der Waals surface area contributed by atoms with Crippen LogP contribution < -0.4 is 0 Å². The molecule has 3 rings (SSSR count). The van der Waals surface area contributed by atoms with Gasteiger partial charge in [0, 0.05) is 5.56 Å². The third-order valence-corrected chi connectivity index (χ3v) is 4.36. The Morgan fingerprint density at radius 3 is 2.27 bits per heavy atom. The average Bonchev–Trinajstić information content (AvgIpc) is 3.02. The Labute approximate surface area is 154 Å². The Balaban J connectivity index is 2.01. The van der Waals surface area contributed by atoms with Gasteiger partial charge in [0.1, 0.15) is 11.9 Å². The van der Waals surface area contributed by atoms with Crippen molar-refractivity contribution >= 4 is 5.97 Å². The van der Waals surface area contributed by atoms with E-state index in [1.54, 1.807) is 0 Å². The van der Waals surface area contributed by atoms with Gasteiger partial charge in [0.25, 0.3) is 0 Å². The molecule has 0 N–H and O–H groups in total. The highest BCUT2D eigenvalue weighted by Gasteiger charge is 2.39. The van der Waals surface area contributed by atoms with Crippen LogP contribution in [0.25, 0.3) is 0 Å². The van der Waals surface area contributed by atoms with Gasteiger partial charge in [0.05, 0.1) is 24.2 Å². The van der Waals surface area contributed by atoms with E-state index in [1.807, 2.05) is 67.6 Å². The summed E-state index contributed by atoms with van der Waals surface area (Å²) in [5, 5.41) is 0. The smallest absolute Gasteiger partial charge is 0.336 e. The standard InChI is InChI=1S/C23H20O3/c1-16(23(24)25-3)22-21(19-12-8-5-9-13-19)20(17(2)26-22)15-14-18-10-6-4-7-11-18/h4-13,21-22H,1H2,2-3H3/t21-,22+/m0/s1. The monoisotopic (exact) mass is 344 g/mol. The van der Waals surface area contributed by atoms with Crippen molar-refractivity contribution in [3.63, 3.8) is 0 Å². The van der Waals surface area contributed by atoms with Crippen LogP contribution in [0.2, 0.25) is 0 Å². The third kappa shape index (κ3) is 3.55. The molecule has 0 saturated heterocycles. The molecule has 130 valence electrons. The van der Waals surface area contributed by atoms with Crippen LogP contribution in [0.15, 0.2) is 84.1 Å². The molecule has 0 amide bonds. The molecule has 0 fully saturated rings. The van der Waals surface area contributed by atoms with Gasteiger partial charge >= 0.3 is 5.97 Å². The first-order chi connectivity index (χ1) is 12.6. The number of esters is 1. The van der Waals surface area contributed by atoms with Crippen LogP contribution in [0, 0.1) is 11.8 Å². The van der Waals surface area contributed by atoms with Crippen LogP contribution in [0.4, 0.5) is 0 Å². The zero-order valence-electron chi connectivity index (χ0n) is 14.9. The molecule has 0 bridgehead atoms. The second-order valence-electron chi connectivity index (χ2n) is 6.03. The number of benzene rings is 2. The molecule has 1 aliphatic heterocycles. The summed E-state index contributed by atoms with van der Waals surface area (Å²) in [6.07, 6.45) is -0.523. The van der Waals surface area contributed by atoms with E-state index < -0.39 is 12.1 Å². The number of rotatable bonds is 3. The SMILES string of the molecule is C=C(C(=O)OC)[C@H]1OC(C)=C(C#Cc2ccccc2)[C@@H]1c1ccccc1. The van der Waals surface area contributed by atoms with Crippen LogP contribution in [-0.2, 0) is 14.3 Å². The molecule has 26 heavy (non-hydrogen) atoms. The first-order valence-electron chi connectivity index (χ1n) is 8.38. The largest absolute Gasteiger partial charge is 0.488 e. The summed E-state index contributed by atoms with van der Waals surface area (Å²) in [5.74, 6) is 6.47. The minimum Gasteiger partial charge on any atom is -0.488 e. The molecule has 2 aromatic carbocycles. The second-order valence-corrected chi connectivity index (χ2v) is 6.03. The molecule has 1 aliphatic rings. The van der Waals surface area contributed by atoms with Crippen molar-refractivity contribution in [2.24, 2.45) is 0 Å². The Kier molecular flexibility index (Phi) is 5.24.